The molecule has 0 unspecified atom stereocenters. The number of fused-ring (bicyclic) bond motifs is 1. The van der Waals surface area contributed by atoms with Gasteiger partial charge in [0.15, 0.2) is 0 Å². The molecule has 0 spiro atoms. The fourth-order valence-electron chi connectivity index (χ4n) is 3.33. The summed E-state index contributed by atoms with van der Waals surface area (Å²) in [5, 5.41) is 11.4. The highest BCUT2D eigenvalue weighted by molar-refractivity contribution is 5.85. The highest BCUT2D eigenvalue weighted by atomic mass is 19.4. The van der Waals surface area contributed by atoms with Gasteiger partial charge in [-0.2, -0.15) is 18.3 Å². The fraction of sp³-hybridized carbons (Fsp3) is 0.227. The van der Waals surface area contributed by atoms with E-state index in [0.717, 1.165) is 39.9 Å². The second kappa shape index (κ2) is 8.35. The third-order valence-electron chi connectivity index (χ3n) is 5.00. The largest absolute Gasteiger partial charge is 0.416 e. The second-order valence-corrected chi connectivity index (χ2v) is 7.41. The van der Waals surface area contributed by atoms with Crippen LogP contribution in [0, 0.1) is 6.92 Å². The molecule has 0 fully saturated rings. The first-order valence-corrected chi connectivity index (χ1v) is 9.72. The predicted molar refractivity (Wildman–Crippen MR) is 113 cm³/mol. The summed E-state index contributed by atoms with van der Waals surface area (Å²) in [5.41, 5.74) is 9.72. The lowest BCUT2D eigenvalue weighted by atomic mass is 10.0. The van der Waals surface area contributed by atoms with Gasteiger partial charge in [-0.15, -0.1) is 0 Å². The number of hydrogen-bond donors (Lipinski definition) is 3. The standard InChI is InChI=1S/C22H21F3N6/c1-13-18-9-15(4-7-19(18)31-30-13)20-11-27-12-21(29-20)28-10-17(26)8-14-2-5-16(6-3-14)22(23,24)25/h2-7,9,11-12,17H,8,10,26H2,1H3,(H,28,29)(H,30,31)/t17-/m0/s1. The van der Waals surface area contributed by atoms with Gasteiger partial charge in [0.1, 0.15) is 5.82 Å². The fourth-order valence-corrected chi connectivity index (χ4v) is 3.33. The van der Waals surface area contributed by atoms with E-state index in [-0.39, 0.29) is 6.04 Å². The summed E-state index contributed by atoms with van der Waals surface area (Å²) in [6.45, 7) is 2.36. The zero-order valence-electron chi connectivity index (χ0n) is 16.7. The summed E-state index contributed by atoms with van der Waals surface area (Å²) in [5.74, 6) is 0.574. The number of nitrogens with one attached hydrogen (secondary N) is 2. The van der Waals surface area contributed by atoms with Gasteiger partial charge in [-0.3, -0.25) is 10.1 Å². The van der Waals surface area contributed by atoms with Gasteiger partial charge in [-0.25, -0.2) is 4.98 Å². The van der Waals surface area contributed by atoms with Crippen molar-refractivity contribution in [3.8, 4) is 11.3 Å². The molecule has 2 aromatic carbocycles. The molecule has 6 nitrogen and oxygen atoms in total. The zero-order valence-corrected chi connectivity index (χ0v) is 16.7. The number of nitrogens with zero attached hydrogens (tertiary/aromatic N) is 3. The molecule has 0 bridgehead atoms. The summed E-state index contributed by atoms with van der Waals surface area (Å²) in [7, 11) is 0. The maximum atomic E-state index is 12.7. The third-order valence-corrected chi connectivity index (χ3v) is 5.00. The molecule has 4 rings (SSSR count). The molecule has 31 heavy (non-hydrogen) atoms. The molecule has 160 valence electrons. The van der Waals surface area contributed by atoms with Crippen molar-refractivity contribution in [2.75, 3.05) is 11.9 Å². The summed E-state index contributed by atoms with van der Waals surface area (Å²) in [6, 6.07) is 10.6. The molecule has 4 aromatic rings. The number of nitrogens with two attached hydrogens (primary N) is 1. The number of hydrogen-bond acceptors (Lipinski definition) is 5. The van der Waals surface area contributed by atoms with Crippen molar-refractivity contribution < 1.29 is 13.2 Å². The average molecular weight is 426 g/mol. The molecule has 2 heterocycles. The van der Waals surface area contributed by atoms with Gasteiger partial charge in [-0.1, -0.05) is 18.2 Å². The number of alkyl halides is 3. The minimum Gasteiger partial charge on any atom is -0.367 e. The molecule has 2 aromatic heterocycles. The van der Waals surface area contributed by atoms with Crippen molar-refractivity contribution in [2.45, 2.75) is 25.6 Å². The van der Waals surface area contributed by atoms with Gasteiger partial charge in [0.25, 0.3) is 0 Å². The average Bonchev–Trinajstić information content (AvgIpc) is 3.12. The van der Waals surface area contributed by atoms with Crippen LogP contribution in [0.4, 0.5) is 19.0 Å². The summed E-state index contributed by atoms with van der Waals surface area (Å²) < 4.78 is 38.0. The molecule has 4 N–H and O–H groups in total. The number of H-pyrrole nitrogens is 1. The maximum absolute atomic E-state index is 12.7. The molecular formula is C22H21F3N6. The smallest absolute Gasteiger partial charge is 0.367 e. The van der Waals surface area contributed by atoms with E-state index in [4.69, 9.17) is 5.73 Å². The van der Waals surface area contributed by atoms with Crippen LogP contribution in [-0.2, 0) is 12.6 Å². The summed E-state index contributed by atoms with van der Waals surface area (Å²) in [6.07, 6.45) is -0.610. The minimum absolute atomic E-state index is 0.299. The highest BCUT2D eigenvalue weighted by Gasteiger charge is 2.29. The van der Waals surface area contributed by atoms with E-state index in [1.165, 1.54) is 12.1 Å². The van der Waals surface area contributed by atoms with E-state index < -0.39 is 11.7 Å². The Morgan fingerprint density at radius 1 is 1.10 bits per heavy atom. The van der Waals surface area contributed by atoms with Crippen LogP contribution in [0.2, 0.25) is 0 Å². The van der Waals surface area contributed by atoms with E-state index in [9.17, 15) is 13.2 Å². The van der Waals surface area contributed by atoms with Crippen LogP contribution in [0.25, 0.3) is 22.2 Å². The van der Waals surface area contributed by atoms with Crippen LogP contribution in [0.3, 0.4) is 0 Å². The lowest BCUT2D eigenvalue weighted by Gasteiger charge is -2.14. The molecule has 0 amide bonds. The molecule has 0 radical (unpaired) electrons. The molecular weight excluding hydrogens is 405 g/mol. The molecule has 0 aliphatic heterocycles. The van der Waals surface area contributed by atoms with Gasteiger partial charge in [0.2, 0.25) is 0 Å². The number of benzene rings is 2. The normalized spacial score (nSPS) is 12.8. The van der Waals surface area contributed by atoms with Crippen molar-refractivity contribution >= 4 is 16.7 Å². The number of anilines is 1. The Kier molecular flexibility index (Phi) is 5.60. The number of aromatic amines is 1. The van der Waals surface area contributed by atoms with Crippen LogP contribution in [0.1, 0.15) is 16.8 Å². The predicted octanol–water partition coefficient (Wildman–Crippen LogP) is 4.33. The van der Waals surface area contributed by atoms with Crippen LogP contribution in [0.5, 0.6) is 0 Å². The molecule has 0 saturated heterocycles. The lowest BCUT2D eigenvalue weighted by molar-refractivity contribution is -0.137. The first kappa shape index (κ1) is 20.8. The van der Waals surface area contributed by atoms with Crippen LogP contribution < -0.4 is 11.1 Å². The minimum atomic E-state index is -4.34. The maximum Gasteiger partial charge on any atom is 0.416 e. The first-order valence-electron chi connectivity index (χ1n) is 9.72. The Labute approximate surface area is 176 Å². The van der Waals surface area contributed by atoms with E-state index in [0.29, 0.717) is 24.5 Å². The molecule has 1 atom stereocenters. The van der Waals surface area contributed by atoms with E-state index in [1.807, 2.05) is 25.1 Å². The second-order valence-electron chi connectivity index (χ2n) is 7.41. The topological polar surface area (TPSA) is 92.5 Å². The van der Waals surface area contributed by atoms with Crippen molar-refractivity contribution in [3.05, 3.63) is 71.7 Å². The van der Waals surface area contributed by atoms with Crippen LogP contribution in [-0.4, -0.2) is 32.8 Å². The van der Waals surface area contributed by atoms with Crippen molar-refractivity contribution in [1.82, 2.24) is 20.2 Å². The van der Waals surface area contributed by atoms with Gasteiger partial charge < -0.3 is 11.1 Å². The monoisotopic (exact) mass is 426 g/mol. The van der Waals surface area contributed by atoms with Gasteiger partial charge in [-0.05, 0) is 43.2 Å². The first-order chi connectivity index (χ1) is 14.8. The van der Waals surface area contributed by atoms with Crippen molar-refractivity contribution in [2.24, 2.45) is 5.73 Å². The summed E-state index contributed by atoms with van der Waals surface area (Å²) >= 11 is 0. The van der Waals surface area contributed by atoms with Crippen LogP contribution in [0.15, 0.2) is 54.9 Å². The Bertz CT molecular complexity index is 1180. The molecule has 0 aliphatic rings. The van der Waals surface area contributed by atoms with Gasteiger partial charge in [0, 0.05) is 29.2 Å². The third kappa shape index (κ3) is 4.83. The Morgan fingerprint density at radius 3 is 2.61 bits per heavy atom. The quantitative estimate of drug-likeness (QED) is 0.427. The number of rotatable bonds is 6. The van der Waals surface area contributed by atoms with Crippen molar-refractivity contribution in [3.63, 3.8) is 0 Å². The zero-order chi connectivity index (χ0) is 22.0. The highest BCUT2D eigenvalue weighted by Crippen LogP contribution is 2.29. The molecule has 9 heteroatoms. The van der Waals surface area contributed by atoms with Crippen molar-refractivity contribution in [1.29, 1.82) is 0 Å². The number of aromatic nitrogens is 4. The van der Waals surface area contributed by atoms with Gasteiger partial charge in [0.05, 0.1) is 29.2 Å². The van der Waals surface area contributed by atoms with E-state index >= 15 is 0 Å². The lowest BCUT2D eigenvalue weighted by Crippen LogP contribution is -2.31. The Hall–Kier alpha value is -3.46. The Morgan fingerprint density at radius 2 is 1.87 bits per heavy atom. The molecule has 0 saturated carbocycles. The van der Waals surface area contributed by atoms with E-state index in [1.54, 1.807) is 12.4 Å². The van der Waals surface area contributed by atoms with E-state index in [2.05, 4.69) is 25.5 Å². The number of halogens is 3. The summed E-state index contributed by atoms with van der Waals surface area (Å²) in [4.78, 5) is 8.85. The Balaban J connectivity index is 1.40. The molecule has 0 aliphatic carbocycles. The van der Waals surface area contributed by atoms with Crippen LogP contribution >= 0.6 is 0 Å². The van der Waals surface area contributed by atoms with Gasteiger partial charge >= 0.3 is 6.18 Å². The number of aryl methyl sites for hydroxylation is 1. The SMILES string of the molecule is Cc1[nH]nc2ccc(-c3cncc(NC[C@@H](N)Cc4ccc(C(F)(F)F)cc4)n3)cc12.